The van der Waals surface area contributed by atoms with Crippen molar-refractivity contribution in [2.45, 2.75) is 13.5 Å². The Labute approximate surface area is 109 Å². The van der Waals surface area contributed by atoms with Gasteiger partial charge in [0.05, 0.1) is 13.0 Å². The maximum atomic E-state index is 11.4. The van der Waals surface area contributed by atoms with E-state index in [1.807, 2.05) is 25.1 Å². The quantitative estimate of drug-likeness (QED) is 0.740. The van der Waals surface area contributed by atoms with E-state index < -0.39 is 0 Å². The molecule has 0 aliphatic rings. The predicted octanol–water partition coefficient (Wildman–Crippen LogP) is 1.26. The highest BCUT2D eigenvalue weighted by Crippen LogP contribution is 2.08. The number of benzene rings is 1. The van der Waals surface area contributed by atoms with Crippen molar-refractivity contribution < 1.29 is 9.53 Å². The van der Waals surface area contributed by atoms with Gasteiger partial charge in [-0.25, -0.2) is 0 Å². The van der Waals surface area contributed by atoms with Gasteiger partial charge in [0.2, 0.25) is 0 Å². The number of hydrogen-bond acceptors (Lipinski definition) is 4. The first-order valence-electron chi connectivity index (χ1n) is 6.21. The maximum absolute atomic E-state index is 11.4. The minimum Gasteiger partial charge on any atom is -0.469 e. The summed E-state index contributed by atoms with van der Waals surface area (Å²) in [4.78, 5) is 13.6. The normalized spacial score (nSPS) is 12.4. The summed E-state index contributed by atoms with van der Waals surface area (Å²) in [5.41, 5.74) is 6.83. The lowest BCUT2D eigenvalue weighted by atomic mass is 10.1. The van der Waals surface area contributed by atoms with E-state index in [1.165, 1.54) is 12.7 Å². The van der Waals surface area contributed by atoms with E-state index in [0.29, 0.717) is 13.1 Å². The number of methoxy groups -OCH3 is 1. The van der Waals surface area contributed by atoms with Crippen molar-refractivity contribution in [1.29, 1.82) is 0 Å². The molecule has 0 aromatic heterocycles. The molecule has 18 heavy (non-hydrogen) atoms. The van der Waals surface area contributed by atoms with Crippen molar-refractivity contribution in [2.75, 3.05) is 26.7 Å². The fourth-order valence-electron chi connectivity index (χ4n) is 1.92. The third kappa shape index (κ3) is 4.85. The van der Waals surface area contributed by atoms with Gasteiger partial charge in [-0.15, -0.1) is 0 Å². The van der Waals surface area contributed by atoms with Crippen molar-refractivity contribution in [2.24, 2.45) is 11.7 Å². The smallest absolute Gasteiger partial charge is 0.309 e. The van der Waals surface area contributed by atoms with Crippen molar-refractivity contribution in [1.82, 2.24) is 4.90 Å². The van der Waals surface area contributed by atoms with Crippen LogP contribution in [0.2, 0.25) is 0 Å². The van der Waals surface area contributed by atoms with Crippen molar-refractivity contribution in [3.05, 3.63) is 35.9 Å². The molecule has 0 spiro atoms. The van der Waals surface area contributed by atoms with E-state index in [4.69, 9.17) is 10.5 Å². The molecule has 0 saturated carbocycles. The second-order valence-corrected chi connectivity index (χ2v) is 4.43. The Morgan fingerprint density at radius 2 is 2.06 bits per heavy atom. The lowest BCUT2D eigenvalue weighted by Gasteiger charge is -2.24. The molecular weight excluding hydrogens is 228 g/mol. The fourth-order valence-corrected chi connectivity index (χ4v) is 1.92. The van der Waals surface area contributed by atoms with Crippen molar-refractivity contribution >= 4 is 5.97 Å². The van der Waals surface area contributed by atoms with Gasteiger partial charge in [0, 0.05) is 26.2 Å². The van der Waals surface area contributed by atoms with Gasteiger partial charge in [0.15, 0.2) is 0 Å². The Hall–Kier alpha value is -1.39. The van der Waals surface area contributed by atoms with Gasteiger partial charge in [0.25, 0.3) is 0 Å². The summed E-state index contributed by atoms with van der Waals surface area (Å²) < 4.78 is 4.74. The van der Waals surface area contributed by atoms with E-state index >= 15 is 0 Å². The average molecular weight is 250 g/mol. The van der Waals surface area contributed by atoms with Crippen LogP contribution < -0.4 is 5.73 Å². The molecule has 0 aliphatic heterocycles. The summed E-state index contributed by atoms with van der Waals surface area (Å²) in [7, 11) is 1.42. The Balaban J connectivity index is 2.57. The van der Waals surface area contributed by atoms with E-state index in [1.54, 1.807) is 0 Å². The molecule has 2 N–H and O–H groups in total. The summed E-state index contributed by atoms with van der Waals surface area (Å²) in [6, 6.07) is 10.2. The minimum atomic E-state index is -0.176. The second kappa shape index (κ2) is 7.84. The number of rotatable bonds is 7. The minimum absolute atomic E-state index is 0.134. The highest BCUT2D eigenvalue weighted by atomic mass is 16.5. The molecule has 100 valence electrons. The van der Waals surface area contributed by atoms with Gasteiger partial charge in [-0.05, 0) is 5.56 Å². The molecule has 0 aliphatic carbocycles. The first-order valence-corrected chi connectivity index (χ1v) is 6.21. The Morgan fingerprint density at radius 3 is 2.61 bits per heavy atom. The van der Waals surface area contributed by atoms with Gasteiger partial charge in [-0.1, -0.05) is 37.3 Å². The maximum Gasteiger partial charge on any atom is 0.309 e. The molecule has 0 amide bonds. The number of nitrogens with zero attached hydrogens (tertiary/aromatic N) is 1. The Bertz CT molecular complexity index is 354. The number of ether oxygens (including phenoxy) is 1. The zero-order valence-electron chi connectivity index (χ0n) is 11.1. The Morgan fingerprint density at radius 1 is 1.39 bits per heavy atom. The van der Waals surface area contributed by atoms with Crippen LogP contribution in [-0.4, -0.2) is 37.6 Å². The molecular formula is C14H22N2O2. The highest BCUT2D eigenvalue weighted by molar-refractivity contribution is 5.72. The summed E-state index contributed by atoms with van der Waals surface area (Å²) >= 11 is 0. The summed E-state index contributed by atoms with van der Waals surface area (Å²) in [5.74, 6) is -0.310. The molecule has 0 fully saturated rings. The van der Waals surface area contributed by atoms with Gasteiger partial charge < -0.3 is 10.5 Å². The molecule has 1 aromatic rings. The molecule has 1 rings (SSSR count). The van der Waals surface area contributed by atoms with Gasteiger partial charge in [-0.3, -0.25) is 9.69 Å². The average Bonchev–Trinajstić information content (AvgIpc) is 2.39. The van der Waals surface area contributed by atoms with Gasteiger partial charge in [-0.2, -0.15) is 0 Å². The van der Waals surface area contributed by atoms with Crippen LogP contribution in [0.3, 0.4) is 0 Å². The van der Waals surface area contributed by atoms with Gasteiger partial charge in [0.1, 0.15) is 0 Å². The molecule has 1 aromatic carbocycles. The van der Waals surface area contributed by atoms with Gasteiger partial charge >= 0.3 is 5.97 Å². The van der Waals surface area contributed by atoms with E-state index in [9.17, 15) is 4.79 Å². The number of esters is 1. The lowest BCUT2D eigenvalue weighted by molar-refractivity contribution is -0.145. The first-order chi connectivity index (χ1) is 8.67. The second-order valence-electron chi connectivity index (χ2n) is 4.43. The molecule has 1 atom stereocenters. The van der Waals surface area contributed by atoms with E-state index in [-0.39, 0.29) is 11.9 Å². The summed E-state index contributed by atoms with van der Waals surface area (Å²) in [6.45, 7) is 4.70. The third-order valence-corrected chi connectivity index (χ3v) is 2.83. The molecule has 0 bridgehead atoms. The Kier molecular flexibility index (Phi) is 6.39. The number of carbonyl (C=O) groups excluding carboxylic acids is 1. The number of carbonyl (C=O) groups is 1. The van der Waals surface area contributed by atoms with Crippen molar-refractivity contribution in [3.63, 3.8) is 0 Å². The molecule has 0 saturated heterocycles. The predicted molar refractivity (Wildman–Crippen MR) is 72.0 cm³/mol. The highest BCUT2D eigenvalue weighted by Gasteiger charge is 2.17. The topological polar surface area (TPSA) is 55.6 Å². The van der Waals surface area contributed by atoms with E-state index in [2.05, 4.69) is 17.0 Å². The summed E-state index contributed by atoms with van der Waals surface area (Å²) in [5, 5.41) is 0. The van der Waals surface area contributed by atoms with Crippen LogP contribution in [0.4, 0.5) is 0 Å². The van der Waals surface area contributed by atoms with Crippen LogP contribution in [0.1, 0.15) is 12.5 Å². The fraction of sp³-hybridized carbons (Fsp3) is 0.500. The first kappa shape index (κ1) is 14.7. The van der Waals surface area contributed by atoms with Crippen molar-refractivity contribution in [3.8, 4) is 0 Å². The molecule has 0 radical (unpaired) electrons. The van der Waals surface area contributed by atoms with Crippen LogP contribution in [-0.2, 0) is 16.1 Å². The van der Waals surface area contributed by atoms with E-state index in [0.717, 1.165) is 13.1 Å². The molecule has 4 nitrogen and oxygen atoms in total. The third-order valence-electron chi connectivity index (χ3n) is 2.83. The summed E-state index contributed by atoms with van der Waals surface area (Å²) in [6.07, 6.45) is 0. The SMILES string of the molecule is COC(=O)C(C)CN(CCN)Cc1ccccc1. The van der Waals surface area contributed by atoms with Crippen LogP contribution in [0, 0.1) is 5.92 Å². The number of hydrogen-bond donors (Lipinski definition) is 1. The van der Waals surface area contributed by atoms with Crippen LogP contribution in [0.15, 0.2) is 30.3 Å². The molecule has 0 heterocycles. The monoisotopic (exact) mass is 250 g/mol. The zero-order chi connectivity index (χ0) is 13.4. The molecule has 4 heteroatoms. The standard InChI is InChI=1S/C14H22N2O2/c1-12(14(17)18-2)10-16(9-8-15)11-13-6-4-3-5-7-13/h3-7,12H,8-11,15H2,1-2H3. The largest absolute Gasteiger partial charge is 0.469 e. The number of nitrogens with two attached hydrogens (primary N) is 1. The van der Waals surface area contributed by atoms with Crippen LogP contribution in [0.5, 0.6) is 0 Å². The van der Waals surface area contributed by atoms with Crippen LogP contribution in [0.25, 0.3) is 0 Å². The molecule has 1 unspecified atom stereocenters. The van der Waals surface area contributed by atoms with Crippen LogP contribution >= 0.6 is 0 Å². The lowest BCUT2D eigenvalue weighted by Crippen LogP contribution is -2.35. The zero-order valence-corrected chi connectivity index (χ0v) is 11.1.